The van der Waals surface area contributed by atoms with Crippen LogP contribution in [0.3, 0.4) is 0 Å². The number of methoxy groups -OCH3 is 1. The molecule has 0 unspecified atom stereocenters. The Kier molecular flexibility index (Phi) is 7.37. The Balaban J connectivity index is 1.69. The summed E-state index contributed by atoms with van der Waals surface area (Å²) in [5.74, 6) is 0.389. The maximum Gasteiger partial charge on any atom is 0.335 e. The minimum Gasteiger partial charge on any atom is -0.497 e. The quantitative estimate of drug-likeness (QED) is 0.474. The third kappa shape index (κ3) is 5.79. The largest absolute Gasteiger partial charge is 0.497 e. The summed E-state index contributed by atoms with van der Waals surface area (Å²) in [6.45, 7) is 0.932. The molecular weight excluding hydrogens is 384 g/mol. The fourth-order valence-corrected chi connectivity index (χ4v) is 2.97. The molecule has 156 valence electrons. The molecule has 3 N–H and O–H groups in total. The van der Waals surface area contributed by atoms with Crippen molar-refractivity contribution in [3.05, 3.63) is 88.7 Å². The van der Waals surface area contributed by atoms with E-state index in [9.17, 15) is 15.0 Å². The Morgan fingerprint density at radius 3 is 2.50 bits per heavy atom. The predicted octanol–water partition coefficient (Wildman–Crippen LogP) is 3.15. The summed E-state index contributed by atoms with van der Waals surface area (Å²) in [5, 5.41) is 21.8. The van der Waals surface area contributed by atoms with Crippen LogP contribution >= 0.6 is 0 Å². The molecule has 0 atom stereocenters. The van der Waals surface area contributed by atoms with Gasteiger partial charge in [0.15, 0.2) is 0 Å². The highest BCUT2D eigenvalue weighted by Gasteiger charge is 2.10. The Morgan fingerprint density at radius 1 is 1.03 bits per heavy atom. The number of benzene rings is 2. The summed E-state index contributed by atoms with van der Waals surface area (Å²) in [6, 6.07) is 18.4. The lowest BCUT2D eigenvalue weighted by molar-refractivity contribution is 0.0696. The van der Waals surface area contributed by atoms with Crippen LogP contribution in [0.25, 0.3) is 0 Å². The van der Waals surface area contributed by atoms with E-state index in [1.807, 2.05) is 48.5 Å². The van der Waals surface area contributed by atoms with Crippen molar-refractivity contribution < 1.29 is 24.5 Å². The smallest absolute Gasteiger partial charge is 0.335 e. The van der Waals surface area contributed by atoms with E-state index in [1.54, 1.807) is 7.11 Å². The van der Waals surface area contributed by atoms with Crippen LogP contribution in [-0.2, 0) is 26.3 Å². The van der Waals surface area contributed by atoms with Gasteiger partial charge in [-0.3, -0.25) is 4.98 Å². The molecule has 1 aromatic heterocycles. The lowest BCUT2D eigenvalue weighted by Crippen LogP contribution is -2.16. The molecule has 0 fully saturated rings. The number of nitrogens with one attached hydrogen (secondary N) is 1. The van der Waals surface area contributed by atoms with Crippen molar-refractivity contribution >= 4 is 5.97 Å². The molecule has 3 aromatic rings. The Morgan fingerprint density at radius 2 is 1.80 bits per heavy atom. The highest BCUT2D eigenvalue weighted by atomic mass is 16.5. The van der Waals surface area contributed by atoms with Gasteiger partial charge in [-0.05, 0) is 35.9 Å². The number of ether oxygens (including phenoxy) is 2. The number of carbonyl (C=O) groups is 1. The highest BCUT2D eigenvalue weighted by Crippen LogP contribution is 2.25. The molecule has 2 aromatic carbocycles. The van der Waals surface area contributed by atoms with E-state index in [-0.39, 0.29) is 12.2 Å². The summed E-state index contributed by atoms with van der Waals surface area (Å²) in [6.07, 6.45) is 0. The fourth-order valence-electron chi connectivity index (χ4n) is 2.97. The van der Waals surface area contributed by atoms with E-state index in [0.717, 1.165) is 16.9 Å². The zero-order chi connectivity index (χ0) is 21.3. The number of aliphatic hydroxyl groups excluding tert-OH is 1. The van der Waals surface area contributed by atoms with E-state index in [2.05, 4.69) is 10.3 Å². The second-order valence-electron chi connectivity index (χ2n) is 6.65. The van der Waals surface area contributed by atoms with Gasteiger partial charge in [0.25, 0.3) is 0 Å². The number of carboxylic acid groups (broad SMARTS) is 1. The van der Waals surface area contributed by atoms with Crippen LogP contribution in [0.5, 0.6) is 11.5 Å². The number of rotatable bonds is 10. The van der Waals surface area contributed by atoms with E-state index < -0.39 is 5.97 Å². The Hall–Kier alpha value is -3.42. The van der Waals surface area contributed by atoms with Gasteiger partial charge in [-0.25, -0.2) is 4.79 Å². The SMILES string of the molecule is COc1ccc(OCc2ccccc2)c(CNCc2cc(C(=O)O)cc(CO)n2)c1. The van der Waals surface area contributed by atoms with Crippen molar-refractivity contribution in [1.29, 1.82) is 0 Å². The number of nitrogens with zero attached hydrogens (tertiary/aromatic N) is 1. The average molecular weight is 408 g/mol. The van der Waals surface area contributed by atoms with Gasteiger partial charge in [-0.1, -0.05) is 30.3 Å². The number of pyridine rings is 1. The van der Waals surface area contributed by atoms with Crippen LogP contribution in [0, 0.1) is 0 Å². The van der Waals surface area contributed by atoms with E-state index in [4.69, 9.17) is 9.47 Å². The molecule has 0 saturated carbocycles. The minimum atomic E-state index is -1.06. The van der Waals surface area contributed by atoms with Crippen molar-refractivity contribution in [2.45, 2.75) is 26.3 Å². The van der Waals surface area contributed by atoms with Crippen molar-refractivity contribution in [2.75, 3.05) is 7.11 Å². The van der Waals surface area contributed by atoms with Crippen LogP contribution in [0.1, 0.15) is 32.9 Å². The standard InChI is InChI=1S/C23H24N2O5/c1-29-21-7-8-22(30-15-16-5-3-2-4-6-16)18(11-21)12-24-13-19-9-17(23(27)28)10-20(14-26)25-19/h2-11,24,26H,12-15H2,1H3,(H,27,28). The van der Waals surface area contributed by atoms with Gasteiger partial charge >= 0.3 is 5.97 Å². The lowest BCUT2D eigenvalue weighted by atomic mass is 10.1. The zero-order valence-corrected chi connectivity index (χ0v) is 16.7. The fraction of sp³-hybridized carbons (Fsp3) is 0.217. The van der Waals surface area contributed by atoms with Gasteiger partial charge in [0.05, 0.1) is 30.7 Å². The van der Waals surface area contributed by atoms with Gasteiger partial charge in [-0.15, -0.1) is 0 Å². The summed E-state index contributed by atoms with van der Waals surface area (Å²) < 4.78 is 11.3. The average Bonchev–Trinajstić information content (AvgIpc) is 2.78. The molecule has 0 aliphatic rings. The molecule has 30 heavy (non-hydrogen) atoms. The summed E-state index contributed by atoms with van der Waals surface area (Å²) in [4.78, 5) is 15.5. The molecule has 0 bridgehead atoms. The first-order valence-electron chi connectivity index (χ1n) is 9.47. The van der Waals surface area contributed by atoms with Gasteiger partial charge in [-0.2, -0.15) is 0 Å². The maximum atomic E-state index is 11.3. The van der Waals surface area contributed by atoms with Crippen LogP contribution in [0.4, 0.5) is 0 Å². The summed E-state index contributed by atoms with van der Waals surface area (Å²) in [5.41, 5.74) is 2.92. The maximum absolute atomic E-state index is 11.3. The monoisotopic (exact) mass is 408 g/mol. The van der Waals surface area contributed by atoms with E-state index in [0.29, 0.717) is 36.8 Å². The van der Waals surface area contributed by atoms with Crippen molar-refractivity contribution in [3.8, 4) is 11.5 Å². The van der Waals surface area contributed by atoms with Gasteiger partial charge in [0, 0.05) is 18.7 Å². The Labute approximate surface area is 174 Å². The molecule has 0 saturated heterocycles. The number of carboxylic acids is 1. The van der Waals surface area contributed by atoms with Crippen molar-refractivity contribution in [1.82, 2.24) is 10.3 Å². The molecular formula is C23H24N2O5. The molecule has 0 radical (unpaired) electrons. The molecule has 0 spiro atoms. The lowest BCUT2D eigenvalue weighted by Gasteiger charge is -2.14. The number of aromatic nitrogens is 1. The third-order valence-electron chi connectivity index (χ3n) is 4.47. The Bertz CT molecular complexity index is 992. The minimum absolute atomic E-state index is 0.0964. The molecule has 0 aliphatic heterocycles. The normalized spacial score (nSPS) is 10.6. The summed E-state index contributed by atoms with van der Waals surface area (Å²) in [7, 11) is 1.61. The summed E-state index contributed by atoms with van der Waals surface area (Å²) >= 11 is 0. The van der Waals surface area contributed by atoms with Crippen LogP contribution in [0.15, 0.2) is 60.7 Å². The zero-order valence-electron chi connectivity index (χ0n) is 16.7. The first-order chi connectivity index (χ1) is 14.6. The van der Waals surface area contributed by atoms with E-state index >= 15 is 0 Å². The molecule has 7 heteroatoms. The highest BCUT2D eigenvalue weighted by molar-refractivity contribution is 5.87. The second kappa shape index (κ2) is 10.4. The molecule has 1 heterocycles. The van der Waals surface area contributed by atoms with Crippen molar-refractivity contribution in [2.24, 2.45) is 0 Å². The van der Waals surface area contributed by atoms with Gasteiger partial charge in [0.1, 0.15) is 18.1 Å². The van der Waals surface area contributed by atoms with Crippen LogP contribution in [-0.4, -0.2) is 28.3 Å². The third-order valence-corrected chi connectivity index (χ3v) is 4.47. The second-order valence-corrected chi connectivity index (χ2v) is 6.65. The molecule has 7 nitrogen and oxygen atoms in total. The predicted molar refractivity (Wildman–Crippen MR) is 111 cm³/mol. The van der Waals surface area contributed by atoms with Crippen molar-refractivity contribution in [3.63, 3.8) is 0 Å². The van der Waals surface area contributed by atoms with Crippen LogP contribution < -0.4 is 14.8 Å². The number of aliphatic hydroxyl groups is 1. The van der Waals surface area contributed by atoms with Gasteiger partial charge in [0.2, 0.25) is 0 Å². The number of hydrogen-bond donors (Lipinski definition) is 3. The topological polar surface area (TPSA) is 101 Å². The first-order valence-corrected chi connectivity index (χ1v) is 9.47. The molecule has 3 rings (SSSR count). The van der Waals surface area contributed by atoms with Crippen LogP contribution in [0.2, 0.25) is 0 Å². The number of aromatic carboxylic acids is 1. The molecule has 0 amide bonds. The molecule has 0 aliphatic carbocycles. The number of hydrogen-bond acceptors (Lipinski definition) is 6. The first kappa shape index (κ1) is 21.3. The van der Waals surface area contributed by atoms with Gasteiger partial charge < -0.3 is 25.0 Å². The van der Waals surface area contributed by atoms with E-state index in [1.165, 1.54) is 12.1 Å².